The number of nitrogens with zero attached hydrogens (tertiary/aromatic N) is 8. The second-order valence-electron chi connectivity index (χ2n) is 10.9. The van der Waals surface area contributed by atoms with E-state index in [0.717, 1.165) is 51.4 Å². The van der Waals surface area contributed by atoms with Crippen molar-refractivity contribution in [3.8, 4) is 57.1 Å². The van der Waals surface area contributed by atoms with E-state index >= 15 is 0 Å². The zero-order valence-electron chi connectivity index (χ0n) is 29.8. The van der Waals surface area contributed by atoms with Gasteiger partial charge in [0.25, 0.3) is 12.7 Å². The molecular weight excluding hydrogens is 861 g/mol. The number of pyridine rings is 1. The summed E-state index contributed by atoms with van der Waals surface area (Å²) in [5, 5.41) is 10.8. The van der Waals surface area contributed by atoms with Gasteiger partial charge in [-0.1, -0.05) is 12.3 Å². The molecule has 0 N–H and O–H groups in total. The van der Waals surface area contributed by atoms with Crippen LogP contribution in [0.5, 0.6) is 23.0 Å². The first-order valence-electron chi connectivity index (χ1n) is 16.2. The van der Waals surface area contributed by atoms with Crippen molar-refractivity contribution in [3.63, 3.8) is 0 Å². The van der Waals surface area contributed by atoms with Crippen LogP contribution in [0.25, 0.3) is 34.1 Å². The molecule has 0 saturated heterocycles. The Morgan fingerprint density at radius 2 is 1.07 bits per heavy atom. The van der Waals surface area contributed by atoms with Gasteiger partial charge in [0, 0.05) is 62.6 Å². The predicted molar refractivity (Wildman–Crippen MR) is 195 cm³/mol. The van der Waals surface area contributed by atoms with Crippen molar-refractivity contribution in [3.05, 3.63) is 165 Å². The molecule has 4 aromatic carbocycles. The van der Waals surface area contributed by atoms with Crippen LogP contribution in [0, 0.1) is 24.8 Å². The molecule has 0 saturated carbocycles. The number of rotatable bonds is 9. The van der Waals surface area contributed by atoms with Gasteiger partial charge in [-0.05, 0) is 77.7 Å². The smallest absolute Gasteiger partial charge is 0.267 e. The molecule has 12 nitrogen and oxygen atoms in total. The number of hydrogen-bond acceptors (Lipinski definition) is 7. The van der Waals surface area contributed by atoms with E-state index in [1.165, 1.54) is 0 Å². The van der Waals surface area contributed by atoms with Crippen LogP contribution in [-0.4, -0.2) is 52.9 Å². The molecule has 0 aliphatic carbocycles. The third-order valence-corrected chi connectivity index (χ3v) is 7.70. The molecule has 275 valence electrons. The van der Waals surface area contributed by atoms with Crippen LogP contribution in [0.3, 0.4) is 0 Å². The number of imidazole rings is 2. The number of hydrogen-bond donors (Lipinski definition) is 0. The normalized spacial score (nSPS) is 10.1. The third-order valence-electron chi connectivity index (χ3n) is 7.70. The third kappa shape index (κ3) is 10.1. The molecule has 54 heavy (non-hydrogen) atoms. The largest absolute Gasteiger partial charge is 0.554 e. The van der Waals surface area contributed by atoms with Crippen LogP contribution < -0.4 is 33.2 Å². The summed E-state index contributed by atoms with van der Waals surface area (Å²) >= 11 is 0. The van der Waals surface area contributed by atoms with E-state index in [-0.39, 0.29) is 20.1 Å². The number of ether oxygens (including phenoxy) is 4. The molecule has 8 aromatic rings. The molecule has 13 heteroatoms. The van der Waals surface area contributed by atoms with E-state index < -0.39 is 0 Å². The SMILES string of the molecule is COc1c[c-]c(-n2[c-][n+](-c3ccc(OC)cc3)cc2)cc1.COc1c[c-]c(-n2[c-][n+](-c3ccc(OC)cc3)cc2)cc1.[Ir].c1ccc(-c2cnn[n-]2)nc1. The Kier molecular flexibility index (Phi) is 13.8. The van der Waals surface area contributed by atoms with Crippen LogP contribution in [0.4, 0.5) is 0 Å². The molecule has 0 aliphatic heterocycles. The number of benzene rings is 4. The van der Waals surface area contributed by atoms with Crippen LogP contribution in [-0.2, 0) is 20.1 Å². The van der Waals surface area contributed by atoms with Crippen LogP contribution in [0.1, 0.15) is 0 Å². The first-order valence-corrected chi connectivity index (χ1v) is 16.2. The maximum Gasteiger partial charge on any atom is 0.267 e. The zero-order chi connectivity index (χ0) is 36.8. The van der Waals surface area contributed by atoms with E-state index in [1.807, 2.05) is 134 Å². The summed E-state index contributed by atoms with van der Waals surface area (Å²) in [6.45, 7) is 0. The molecule has 4 heterocycles. The van der Waals surface area contributed by atoms with E-state index in [1.54, 1.807) is 53.0 Å². The molecule has 0 aliphatic rings. The first kappa shape index (κ1) is 38.7. The molecule has 0 atom stereocenters. The van der Waals surface area contributed by atoms with Gasteiger partial charge in [0.15, 0.2) is 0 Å². The minimum Gasteiger partial charge on any atom is -0.554 e. The van der Waals surface area contributed by atoms with Crippen molar-refractivity contribution in [1.29, 1.82) is 0 Å². The summed E-state index contributed by atoms with van der Waals surface area (Å²) in [4.78, 5) is 4.08. The standard InChI is InChI=1S/2C17H15N2O2.C7H5N4.Ir/c2*1-20-16-7-3-14(4-8-16)18-11-12-19(13-18)15-5-9-17(21-2)10-6-15;1-2-4-8-6(3-1)7-5-9-11-10-7;/h2*3-5,7-12H,1-2H3;1-5H;/q3*-1;. The van der Waals surface area contributed by atoms with Crippen molar-refractivity contribution < 1.29 is 48.2 Å². The van der Waals surface area contributed by atoms with E-state index in [4.69, 9.17) is 18.9 Å². The Labute approximate surface area is 327 Å². The molecule has 0 bridgehead atoms. The number of methoxy groups -OCH3 is 4. The Balaban J connectivity index is 0.000000162. The van der Waals surface area contributed by atoms with Crippen molar-refractivity contribution in [2.75, 3.05) is 28.4 Å². The summed E-state index contributed by atoms with van der Waals surface area (Å²) in [5.74, 6) is 3.24. The van der Waals surface area contributed by atoms with Gasteiger partial charge < -0.3 is 38.3 Å². The maximum absolute atomic E-state index is 5.16. The van der Waals surface area contributed by atoms with Gasteiger partial charge in [0.2, 0.25) is 0 Å². The average Bonchev–Trinajstić information content (AvgIpc) is 4.06. The van der Waals surface area contributed by atoms with Crippen LogP contribution in [0.15, 0.2) is 140 Å². The van der Waals surface area contributed by atoms with Gasteiger partial charge in [0.05, 0.1) is 45.5 Å². The Hall–Kier alpha value is -6.56. The van der Waals surface area contributed by atoms with Crippen molar-refractivity contribution >= 4 is 0 Å². The van der Waals surface area contributed by atoms with Crippen molar-refractivity contribution in [1.82, 2.24) is 29.5 Å². The van der Waals surface area contributed by atoms with E-state index in [2.05, 4.69) is 45.2 Å². The molecular formula is C41H35IrN8O4-3. The molecule has 4 aromatic heterocycles. The van der Waals surface area contributed by atoms with Gasteiger partial charge in [-0.3, -0.25) is 19.3 Å². The summed E-state index contributed by atoms with van der Waals surface area (Å²) in [6, 6.07) is 38.9. The fourth-order valence-electron chi connectivity index (χ4n) is 4.84. The second kappa shape index (κ2) is 19.3. The van der Waals surface area contributed by atoms with Crippen molar-refractivity contribution in [2.45, 2.75) is 0 Å². The molecule has 0 amide bonds. The predicted octanol–water partition coefficient (Wildman–Crippen LogP) is 5.24. The molecule has 0 spiro atoms. The summed E-state index contributed by atoms with van der Waals surface area (Å²) in [5.41, 5.74) is 5.36. The average molecular weight is 896 g/mol. The fourth-order valence-corrected chi connectivity index (χ4v) is 4.84. The second-order valence-corrected chi connectivity index (χ2v) is 10.9. The summed E-state index contributed by atoms with van der Waals surface area (Å²) in [6.07, 6.45) is 17.5. The maximum atomic E-state index is 5.16. The fraction of sp³-hybridized carbons (Fsp3) is 0.0976. The van der Waals surface area contributed by atoms with Gasteiger partial charge in [0.1, 0.15) is 11.5 Å². The van der Waals surface area contributed by atoms with E-state index in [0.29, 0.717) is 5.69 Å². The molecule has 0 fully saturated rings. The summed E-state index contributed by atoms with van der Waals surface area (Å²) < 4.78 is 28.2. The minimum absolute atomic E-state index is 0. The molecule has 1 radical (unpaired) electrons. The topological polar surface area (TPSA) is 107 Å². The minimum atomic E-state index is 0. The quantitative estimate of drug-likeness (QED) is 0.143. The number of aromatic nitrogens is 8. The molecule has 0 unspecified atom stereocenters. The monoisotopic (exact) mass is 896 g/mol. The summed E-state index contributed by atoms with van der Waals surface area (Å²) in [7, 11) is 6.60. The van der Waals surface area contributed by atoms with Gasteiger partial charge in [-0.25, -0.2) is 0 Å². The first-order chi connectivity index (χ1) is 26.1. The van der Waals surface area contributed by atoms with Gasteiger partial charge in [-0.2, -0.15) is 24.3 Å². The Morgan fingerprint density at radius 1 is 0.593 bits per heavy atom. The van der Waals surface area contributed by atoms with Crippen molar-refractivity contribution in [2.24, 2.45) is 0 Å². The van der Waals surface area contributed by atoms with Crippen LogP contribution in [0.2, 0.25) is 0 Å². The van der Waals surface area contributed by atoms with Crippen LogP contribution >= 0.6 is 0 Å². The Bertz CT molecular complexity index is 2010. The van der Waals surface area contributed by atoms with E-state index in [9.17, 15) is 0 Å². The zero-order valence-corrected chi connectivity index (χ0v) is 32.2. The molecule has 8 rings (SSSR count). The van der Waals surface area contributed by atoms with Gasteiger partial charge >= 0.3 is 0 Å². The Morgan fingerprint density at radius 3 is 1.44 bits per heavy atom. The van der Waals surface area contributed by atoms with Gasteiger partial charge in [-0.15, -0.1) is 24.3 Å².